The Morgan fingerprint density at radius 3 is 2.06 bits per heavy atom. The average Bonchev–Trinajstić information content (AvgIpc) is 2.37. The van der Waals surface area contributed by atoms with Crippen LogP contribution in [0.5, 0.6) is 5.75 Å². The van der Waals surface area contributed by atoms with Crippen LogP contribution in [0.4, 0.5) is 0 Å². The van der Waals surface area contributed by atoms with Crippen molar-refractivity contribution in [2.75, 3.05) is 12.4 Å². The van der Waals surface area contributed by atoms with Crippen LogP contribution in [-0.4, -0.2) is 12.4 Å². The second kappa shape index (κ2) is 6.01. The maximum atomic E-state index is 5.81. The Bertz CT molecular complexity index is 365. The molecule has 0 amide bonds. The predicted octanol–water partition coefficient (Wildman–Crippen LogP) is 4.71. The number of hydrogen-bond donors (Lipinski definition) is 1. The molecule has 0 aliphatic heterocycles. The third-order valence-electron chi connectivity index (χ3n) is 3.58. The summed E-state index contributed by atoms with van der Waals surface area (Å²) in [4.78, 5) is 0. The van der Waals surface area contributed by atoms with Crippen LogP contribution in [0.15, 0.2) is 24.3 Å². The van der Waals surface area contributed by atoms with Gasteiger partial charge in [-0.3, -0.25) is 0 Å². The third kappa shape index (κ3) is 4.24. The summed E-state index contributed by atoms with van der Waals surface area (Å²) >= 11 is 4.33. The predicted molar refractivity (Wildman–Crippen MR) is 82.9 cm³/mol. The van der Waals surface area contributed by atoms with Crippen molar-refractivity contribution < 1.29 is 4.74 Å². The Kier molecular flexibility index (Phi) is 5.15. The van der Waals surface area contributed by atoms with Crippen molar-refractivity contribution in [1.82, 2.24) is 0 Å². The summed E-state index contributed by atoms with van der Waals surface area (Å²) in [7, 11) is 0. The van der Waals surface area contributed by atoms with Gasteiger partial charge in [0.05, 0.1) is 6.61 Å². The molecule has 2 heteroatoms. The molecule has 0 bridgehead atoms. The molecule has 1 aromatic carbocycles. The fourth-order valence-corrected chi connectivity index (χ4v) is 1.62. The molecule has 1 nitrogen and oxygen atoms in total. The Morgan fingerprint density at radius 2 is 1.61 bits per heavy atom. The third-order valence-corrected chi connectivity index (χ3v) is 4.43. The van der Waals surface area contributed by atoms with Crippen molar-refractivity contribution >= 4 is 12.6 Å². The van der Waals surface area contributed by atoms with E-state index in [1.54, 1.807) is 0 Å². The first kappa shape index (κ1) is 15.4. The summed E-state index contributed by atoms with van der Waals surface area (Å²) in [6.07, 6.45) is 1.14. The molecule has 0 N–H and O–H groups in total. The van der Waals surface area contributed by atoms with Crippen LogP contribution in [0.2, 0.25) is 0 Å². The molecule has 0 fully saturated rings. The van der Waals surface area contributed by atoms with Crippen molar-refractivity contribution in [1.29, 1.82) is 0 Å². The largest absolute Gasteiger partial charge is 0.493 e. The molecule has 18 heavy (non-hydrogen) atoms. The first-order valence-electron chi connectivity index (χ1n) is 6.65. The van der Waals surface area contributed by atoms with E-state index in [1.807, 2.05) is 0 Å². The molecule has 0 aromatic heterocycles. The van der Waals surface area contributed by atoms with Gasteiger partial charge in [0, 0.05) is 5.41 Å². The fraction of sp³-hybridized carbons (Fsp3) is 0.625. The smallest absolute Gasteiger partial charge is 0.119 e. The Hall–Kier alpha value is -0.630. The van der Waals surface area contributed by atoms with E-state index in [4.69, 9.17) is 4.74 Å². The van der Waals surface area contributed by atoms with Crippen molar-refractivity contribution in [3.8, 4) is 5.75 Å². The fourth-order valence-electron chi connectivity index (χ4n) is 1.53. The van der Waals surface area contributed by atoms with Gasteiger partial charge < -0.3 is 4.74 Å². The van der Waals surface area contributed by atoms with E-state index in [0.29, 0.717) is 6.61 Å². The second-order valence-electron chi connectivity index (χ2n) is 6.37. The number of hydrogen-bond acceptors (Lipinski definition) is 2. The van der Waals surface area contributed by atoms with E-state index in [1.165, 1.54) is 5.56 Å². The first-order chi connectivity index (χ1) is 8.30. The molecule has 0 atom stereocenters. The van der Waals surface area contributed by atoms with Gasteiger partial charge in [-0.1, -0.05) is 46.8 Å². The highest BCUT2D eigenvalue weighted by atomic mass is 32.1. The van der Waals surface area contributed by atoms with E-state index in [-0.39, 0.29) is 10.8 Å². The molecule has 0 heterocycles. The number of benzene rings is 1. The first-order valence-corrected chi connectivity index (χ1v) is 7.28. The topological polar surface area (TPSA) is 9.23 Å². The monoisotopic (exact) mass is 266 g/mol. The van der Waals surface area contributed by atoms with Crippen LogP contribution in [0.1, 0.15) is 46.6 Å². The van der Waals surface area contributed by atoms with E-state index in [0.717, 1.165) is 17.9 Å². The highest BCUT2D eigenvalue weighted by Crippen LogP contribution is 2.28. The van der Waals surface area contributed by atoms with E-state index >= 15 is 0 Å². The van der Waals surface area contributed by atoms with Gasteiger partial charge in [0.15, 0.2) is 0 Å². The normalized spacial score (nSPS) is 12.6. The van der Waals surface area contributed by atoms with Crippen LogP contribution >= 0.6 is 12.6 Å². The van der Waals surface area contributed by atoms with Gasteiger partial charge in [0.2, 0.25) is 0 Å². The standard InChI is InChI=1S/C16H26OS/c1-6-16(4,5)13-7-9-14(10-8-13)17-11-15(2,3)12-18/h7-10,18H,6,11-12H2,1-5H3. The Morgan fingerprint density at radius 1 is 1.06 bits per heavy atom. The van der Waals surface area contributed by atoms with Gasteiger partial charge in [0.1, 0.15) is 5.75 Å². The molecule has 0 radical (unpaired) electrons. The molecule has 0 aliphatic rings. The van der Waals surface area contributed by atoms with Gasteiger partial charge >= 0.3 is 0 Å². The quantitative estimate of drug-likeness (QED) is 0.734. The number of ether oxygens (including phenoxy) is 1. The number of thiol groups is 1. The van der Waals surface area contributed by atoms with E-state index in [9.17, 15) is 0 Å². The molecule has 1 rings (SSSR count). The zero-order valence-corrected chi connectivity index (χ0v) is 13.2. The molecule has 0 saturated heterocycles. The zero-order chi connectivity index (χ0) is 13.8. The number of rotatable bonds is 6. The lowest BCUT2D eigenvalue weighted by molar-refractivity contribution is 0.202. The molecular formula is C16H26OS. The molecular weight excluding hydrogens is 240 g/mol. The summed E-state index contributed by atoms with van der Waals surface area (Å²) in [5, 5.41) is 0. The lowest BCUT2D eigenvalue weighted by Crippen LogP contribution is -2.23. The summed E-state index contributed by atoms with van der Waals surface area (Å²) in [5.41, 5.74) is 1.72. The molecule has 0 aliphatic carbocycles. The van der Waals surface area contributed by atoms with Crippen molar-refractivity contribution in [3.63, 3.8) is 0 Å². The van der Waals surface area contributed by atoms with Crippen LogP contribution in [0, 0.1) is 5.41 Å². The van der Waals surface area contributed by atoms with Crippen molar-refractivity contribution in [3.05, 3.63) is 29.8 Å². The highest BCUT2D eigenvalue weighted by molar-refractivity contribution is 7.80. The highest BCUT2D eigenvalue weighted by Gasteiger charge is 2.19. The van der Waals surface area contributed by atoms with Crippen LogP contribution in [-0.2, 0) is 5.41 Å². The van der Waals surface area contributed by atoms with Crippen LogP contribution in [0.3, 0.4) is 0 Å². The lowest BCUT2D eigenvalue weighted by Gasteiger charge is -2.24. The lowest BCUT2D eigenvalue weighted by atomic mass is 9.82. The second-order valence-corrected chi connectivity index (χ2v) is 6.69. The summed E-state index contributed by atoms with van der Waals surface area (Å²) in [5.74, 6) is 1.77. The van der Waals surface area contributed by atoms with E-state index < -0.39 is 0 Å². The van der Waals surface area contributed by atoms with Crippen LogP contribution < -0.4 is 4.74 Å². The van der Waals surface area contributed by atoms with E-state index in [2.05, 4.69) is 71.5 Å². The molecule has 1 aromatic rings. The van der Waals surface area contributed by atoms with Gasteiger partial charge in [-0.25, -0.2) is 0 Å². The minimum absolute atomic E-state index is 0.116. The van der Waals surface area contributed by atoms with Gasteiger partial charge in [-0.15, -0.1) is 0 Å². The molecule has 0 spiro atoms. The summed E-state index contributed by atoms with van der Waals surface area (Å²) in [6, 6.07) is 8.49. The Balaban J connectivity index is 2.67. The Labute approximate surface area is 117 Å². The maximum Gasteiger partial charge on any atom is 0.119 e. The van der Waals surface area contributed by atoms with Crippen molar-refractivity contribution in [2.24, 2.45) is 5.41 Å². The van der Waals surface area contributed by atoms with Crippen LogP contribution in [0.25, 0.3) is 0 Å². The summed E-state index contributed by atoms with van der Waals surface area (Å²) < 4.78 is 5.81. The average molecular weight is 266 g/mol. The SMILES string of the molecule is CCC(C)(C)c1ccc(OCC(C)(C)CS)cc1. The molecule has 0 saturated carbocycles. The van der Waals surface area contributed by atoms with Crippen molar-refractivity contribution in [2.45, 2.75) is 46.5 Å². The molecule has 0 unspecified atom stereocenters. The van der Waals surface area contributed by atoms with Gasteiger partial charge in [-0.05, 0) is 35.3 Å². The molecule has 102 valence electrons. The van der Waals surface area contributed by atoms with Gasteiger partial charge in [0.25, 0.3) is 0 Å². The zero-order valence-electron chi connectivity index (χ0n) is 12.3. The minimum atomic E-state index is 0.116. The summed E-state index contributed by atoms with van der Waals surface area (Å²) in [6.45, 7) is 11.8. The van der Waals surface area contributed by atoms with Gasteiger partial charge in [-0.2, -0.15) is 12.6 Å². The minimum Gasteiger partial charge on any atom is -0.493 e. The maximum absolute atomic E-state index is 5.81.